The fourth-order valence-electron chi connectivity index (χ4n) is 2.68. The molecule has 0 saturated heterocycles. The molecule has 0 fully saturated rings. The summed E-state index contributed by atoms with van der Waals surface area (Å²) in [6.45, 7) is 5.69. The van der Waals surface area contributed by atoms with Gasteiger partial charge in [-0.25, -0.2) is 5.01 Å². The number of unbranched alkanes of at least 4 members (excludes halogenated alkanes) is 1. The lowest BCUT2D eigenvalue weighted by Gasteiger charge is -2.35. The molecule has 0 unspecified atom stereocenters. The second-order valence-electron chi connectivity index (χ2n) is 7.55. The molecule has 0 aliphatic carbocycles. The Balaban J connectivity index is 1.86. The van der Waals surface area contributed by atoms with Crippen LogP contribution >= 0.6 is 11.6 Å². The second kappa shape index (κ2) is 9.56. The second-order valence-corrected chi connectivity index (χ2v) is 7.98. The van der Waals surface area contributed by atoms with Gasteiger partial charge in [-0.2, -0.15) is 0 Å². The molecule has 0 aliphatic rings. The normalized spacial score (nSPS) is 11.1. The molecule has 0 radical (unpaired) electrons. The maximum Gasteiger partial charge on any atom is 0.272 e. The van der Waals surface area contributed by atoms with E-state index in [9.17, 15) is 9.59 Å². The van der Waals surface area contributed by atoms with Gasteiger partial charge in [0.1, 0.15) is 0 Å². The number of nitrogens with zero attached hydrogens (tertiary/aromatic N) is 1. The first-order valence-corrected chi connectivity index (χ1v) is 9.59. The van der Waals surface area contributed by atoms with Crippen LogP contribution in [-0.2, 0) is 11.2 Å². The molecule has 144 valence electrons. The zero-order valence-corrected chi connectivity index (χ0v) is 16.9. The van der Waals surface area contributed by atoms with Crippen molar-refractivity contribution in [2.24, 2.45) is 0 Å². The molecule has 0 aromatic heterocycles. The number of amides is 2. The SMILES string of the molecule is CC(C)(C)N(NC(=O)CCCCc1ccc(Cl)cc1)C(=O)c1ccccc1. The van der Waals surface area contributed by atoms with Crippen LogP contribution in [0.25, 0.3) is 0 Å². The number of rotatable bonds is 6. The standard InChI is InChI=1S/C22H27ClN2O2/c1-22(2,3)25(21(27)18-10-5-4-6-11-18)24-20(26)12-8-7-9-17-13-15-19(23)16-14-17/h4-6,10-11,13-16H,7-9,12H2,1-3H3,(H,24,26). The number of hydrogen-bond donors (Lipinski definition) is 1. The summed E-state index contributed by atoms with van der Waals surface area (Å²) in [5.41, 5.74) is 4.02. The molecule has 0 aliphatic heterocycles. The topological polar surface area (TPSA) is 49.4 Å². The fraction of sp³-hybridized carbons (Fsp3) is 0.364. The monoisotopic (exact) mass is 386 g/mol. The fourth-order valence-corrected chi connectivity index (χ4v) is 2.81. The van der Waals surface area contributed by atoms with Gasteiger partial charge in [0.15, 0.2) is 0 Å². The maximum absolute atomic E-state index is 12.8. The Bertz CT molecular complexity index is 752. The van der Waals surface area contributed by atoms with Crippen molar-refractivity contribution in [2.45, 2.75) is 52.0 Å². The van der Waals surface area contributed by atoms with Crippen LogP contribution in [0.4, 0.5) is 0 Å². The van der Waals surface area contributed by atoms with E-state index in [2.05, 4.69) is 5.43 Å². The molecule has 2 amide bonds. The zero-order valence-electron chi connectivity index (χ0n) is 16.2. The van der Waals surface area contributed by atoms with Gasteiger partial charge in [0.05, 0.1) is 5.54 Å². The Kier molecular flexibility index (Phi) is 7.43. The van der Waals surface area contributed by atoms with Crippen molar-refractivity contribution in [1.82, 2.24) is 10.4 Å². The van der Waals surface area contributed by atoms with Crippen LogP contribution in [0, 0.1) is 0 Å². The van der Waals surface area contributed by atoms with Gasteiger partial charge in [0, 0.05) is 17.0 Å². The van der Waals surface area contributed by atoms with E-state index in [1.165, 1.54) is 10.6 Å². The van der Waals surface area contributed by atoms with Crippen LogP contribution in [0.3, 0.4) is 0 Å². The van der Waals surface area contributed by atoms with Crippen LogP contribution in [0.15, 0.2) is 54.6 Å². The molecule has 27 heavy (non-hydrogen) atoms. The van der Waals surface area contributed by atoms with Crippen LogP contribution in [0.5, 0.6) is 0 Å². The van der Waals surface area contributed by atoms with Crippen molar-refractivity contribution in [3.63, 3.8) is 0 Å². The first kappa shape index (κ1) is 21.0. The molecule has 2 rings (SSSR count). The average Bonchev–Trinajstić information content (AvgIpc) is 2.64. The average molecular weight is 387 g/mol. The molecule has 0 spiro atoms. The zero-order chi connectivity index (χ0) is 19.9. The predicted molar refractivity (Wildman–Crippen MR) is 110 cm³/mol. The van der Waals surface area contributed by atoms with Gasteiger partial charge in [-0.05, 0) is 69.9 Å². The Hall–Kier alpha value is -2.33. The van der Waals surface area contributed by atoms with E-state index in [0.717, 1.165) is 24.3 Å². The summed E-state index contributed by atoms with van der Waals surface area (Å²) >= 11 is 5.88. The summed E-state index contributed by atoms with van der Waals surface area (Å²) in [5, 5.41) is 2.15. The van der Waals surface area contributed by atoms with Gasteiger partial charge < -0.3 is 0 Å². The lowest BCUT2D eigenvalue weighted by atomic mass is 10.1. The minimum absolute atomic E-state index is 0.148. The largest absolute Gasteiger partial charge is 0.273 e. The quantitative estimate of drug-likeness (QED) is 0.559. The van der Waals surface area contributed by atoms with Gasteiger partial charge >= 0.3 is 0 Å². The third-order valence-electron chi connectivity index (χ3n) is 4.16. The van der Waals surface area contributed by atoms with Gasteiger partial charge in [0.2, 0.25) is 5.91 Å². The minimum Gasteiger partial charge on any atom is -0.273 e. The highest BCUT2D eigenvalue weighted by Crippen LogP contribution is 2.16. The van der Waals surface area contributed by atoms with Crippen LogP contribution < -0.4 is 5.43 Å². The smallest absolute Gasteiger partial charge is 0.272 e. The van der Waals surface area contributed by atoms with Crippen molar-refractivity contribution in [1.29, 1.82) is 0 Å². The lowest BCUT2D eigenvalue weighted by Crippen LogP contribution is -2.55. The minimum atomic E-state index is -0.522. The Morgan fingerprint density at radius 1 is 0.963 bits per heavy atom. The summed E-state index contributed by atoms with van der Waals surface area (Å²) < 4.78 is 0. The molecule has 0 saturated carbocycles. The van der Waals surface area contributed by atoms with Crippen molar-refractivity contribution in [2.75, 3.05) is 0 Å². The number of aryl methyl sites for hydroxylation is 1. The van der Waals surface area contributed by atoms with Gasteiger partial charge in [0.25, 0.3) is 5.91 Å². The molecule has 1 N–H and O–H groups in total. The number of carbonyl (C=O) groups is 2. The maximum atomic E-state index is 12.8. The van der Waals surface area contributed by atoms with E-state index in [4.69, 9.17) is 11.6 Å². The Labute approximate surface area is 166 Å². The molecular formula is C22H27ClN2O2. The van der Waals surface area contributed by atoms with E-state index < -0.39 is 5.54 Å². The highest BCUT2D eigenvalue weighted by Gasteiger charge is 2.29. The highest BCUT2D eigenvalue weighted by atomic mass is 35.5. The van der Waals surface area contributed by atoms with Crippen LogP contribution in [0.1, 0.15) is 56.0 Å². The first-order valence-electron chi connectivity index (χ1n) is 9.21. The van der Waals surface area contributed by atoms with Crippen LogP contribution in [-0.4, -0.2) is 22.4 Å². The number of carbonyl (C=O) groups excluding carboxylic acids is 2. The Morgan fingerprint density at radius 3 is 2.19 bits per heavy atom. The van der Waals surface area contributed by atoms with Crippen molar-refractivity contribution in [3.05, 3.63) is 70.7 Å². The van der Waals surface area contributed by atoms with Crippen molar-refractivity contribution in [3.8, 4) is 0 Å². The van der Waals surface area contributed by atoms with E-state index in [-0.39, 0.29) is 11.8 Å². The predicted octanol–water partition coefficient (Wildman–Crippen LogP) is 5.02. The summed E-state index contributed by atoms with van der Waals surface area (Å²) in [7, 11) is 0. The third-order valence-corrected chi connectivity index (χ3v) is 4.42. The number of halogens is 1. The van der Waals surface area contributed by atoms with E-state index in [0.29, 0.717) is 12.0 Å². The molecule has 4 nitrogen and oxygen atoms in total. The summed E-state index contributed by atoms with van der Waals surface area (Å²) in [6.07, 6.45) is 2.93. The van der Waals surface area contributed by atoms with Crippen molar-refractivity contribution < 1.29 is 9.59 Å². The number of hydrogen-bond acceptors (Lipinski definition) is 2. The molecule has 0 atom stereocenters. The molecule has 2 aromatic carbocycles. The molecule has 0 heterocycles. The molecule has 0 bridgehead atoms. The number of benzene rings is 2. The summed E-state index contributed by atoms with van der Waals surface area (Å²) in [6, 6.07) is 16.7. The highest BCUT2D eigenvalue weighted by molar-refractivity contribution is 6.30. The molecular weight excluding hydrogens is 360 g/mol. The van der Waals surface area contributed by atoms with Gasteiger partial charge in [-0.1, -0.05) is 41.9 Å². The van der Waals surface area contributed by atoms with Gasteiger partial charge in [-0.3, -0.25) is 15.0 Å². The summed E-state index contributed by atoms with van der Waals surface area (Å²) in [4.78, 5) is 25.1. The molecule has 5 heteroatoms. The third kappa shape index (κ3) is 6.72. The van der Waals surface area contributed by atoms with E-state index in [1.807, 2.05) is 63.2 Å². The molecule has 2 aromatic rings. The van der Waals surface area contributed by atoms with E-state index >= 15 is 0 Å². The van der Waals surface area contributed by atoms with Crippen molar-refractivity contribution >= 4 is 23.4 Å². The Morgan fingerprint density at radius 2 is 1.59 bits per heavy atom. The lowest BCUT2D eigenvalue weighted by molar-refractivity contribution is -0.127. The van der Waals surface area contributed by atoms with E-state index in [1.54, 1.807) is 12.1 Å². The number of nitrogens with one attached hydrogen (secondary N) is 1. The van der Waals surface area contributed by atoms with Gasteiger partial charge in [-0.15, -0.1) is 0 Å². The number of hydrazine groups is 1. The first-order chi connectivity index (χ1) is 12.8. The van der Waals surface area contributed by atoms with Crippen LogP contribution in [0.2, 0.25) is 5.02 Å². The summed E-state index contributed by atoms with van der Waals surface area (Å²) in [5.74, 6) is -0.358.